The van der Waals surface area contributed by atoms with Crippen LogP contribution in [0.15, 0.2) is 15.5 Å². The van der Waals surface area contributed by atoms with Crippen LogP contribution in [0.2, 0.25) is 0 Å². The highest BCUT2D eigenvalue weighted by atomic mass is 127. The van der Waals surface area contributed by atoms with Crippen molar-refractivity contribution in [2.24, 2.45) is 4.99 Å². The van der Waals surface area contributed by atoms with Gasteiger partial charge in [0.15, 0.2) is 5.96 Å². The fourth-order valence-electron chi connectivity index (χ4n) is 2.75. The molecule has 1 aliphatic rings. The van der Waals surface area contributed by atoms with E-state index in [1.54, 1.807) is 19.9 Å². The molecule has 1 aromatic heterocycles. The quantitative estimate of drug-likeness (QED) is 0.307. The van der Waals surface area contributed by atoms with E-state index in [4.69, 9.17) is 9.15 Å². The van der Waals surface area contributed by atoms with Crippen LogP contribution in [0.25, 0.3) is 0 Å². The van der Waals surface area contributed by atoms with E-state index < -0.39 is 5.97 Å². The van der Waals surface area contributed by atoms with Crippen molar-refractivity contribution in [3.8, 4) is 0 Å². The molecule has 1 amide bonds. The molecule has 0 aromatic carbocycles. The van der Waals surface area contributed by atoms with E-state index in [0.717, 1.165) is 25.6 Å². The Morgan fingerprint density at radius 1 is 1.27 bits per heavy atom. The second-order valence-corrected chi connectivity index (χ2v) is 5.84. The fraction of sp³-hybridized carbons (Fsp3) is 0.588. The Bertz CT molecular complexity index is 651. The van der Waals surface area contributed by atoms with Crippen molar-refractivity contribution in [2.45, 2.75) is 27.3 Å². The van der Waals surface area contributed by atoms with E-state index in [9.17, 15) is 9.59 Å². The van der Waals surface area contributed by atoms with Crippen molar-refractivity contribution in [2.75, 3.05) is 39.8 Å². The Morgan fingerprint density at radius 2 is 1.88 bits per heavy atom. The van der Waals surface area contributed by atoms with E-state index in [0.29, 0.717) is 36.7 Å². The van der Waals surface area contributed by atoms with Gasteiger partial charge < -0.3 is 24.3 Å². The molecule has 9 heteroatoms. The monoisotopic (exact) mass is 478 g/mol. The zero-order chi connectivity index (χ0) is 18.4. The van der Waals surface area contributed by atoms with Crippen LogP contribution in [0.3, 0.4) is 0 Å². The lowest BCUT2D eigenvalue weighted by atomic mass is 10.2. The number of hydrogen-bond donors (Lipinski definition) is 1. The summed E-state index contributed by atoms with van der Waals surface area (Å²) in [5, 5.41) is 3.26. The second kappa shape index (κ2) is 10.4. The van der Waals surface area contributed by atoms with E-state index in [1.165, 1.54) is 7.11 Å². The summed E-state index contributed by atoms with van der Waals surface area (Å²) in [4.78, 5) is 31.6. The van der Waals surface area contributed by atoms with Gasteiger partial charge in [-0.15, -0.1) is 24.0 Å². The number of hydrogen-bond acceptors (Lipinski definition) is 5. The van der Waals surface area contributed by atoms with Gasteiger partial charge in [-0.25, -0.2) is 9.79 Å². The lowest BCUT2D eigenvalue weighted by molar-refractivity contribution is -0.130. The number of guanidine groups is 1. The third kappa shape index (κ3) is 5.61. The molecular formula is C17H27IN4O4. The number of esters is 1. The third-order valence-electron chi connectivity index (χ3n) is 4.12. The fourth-order valence-corrected chi connectivity index (χ4v) is 2.75. The predicted octanol–water partition coefficient (Wildman–Crippen LogP) is 1.62. The normalized spacial score (nSPS) is 14.7. The van der Waals surface area contributed by atoms with Crippen molar-refractivity contribution in [3.05, 3.63) is 23.2 Å². The molecule has 1 aromatic rings. The number of aliphatic imine (C=N–C) groups is 1. The van der Waals surface area contributed by atoms with Crippen molar-refractivity contribution in [3.63, 3.8) is 0 Å². The van der Waals surface area contributed by atoms with Crippen molar-refractivity contribution in [1.29, 1.82) is 0 Å². The van der Waals surface area contributed by atoms with Gasteiger partial charge in [0, 0.05) is 39.6 Å². The van der Waals surface area contributed by atoms with E-state index in [-0.39, 0.29) is 29.9 Å². The number of furan rings is 1. The van der Waals surface area contributed by atoms with E-state index >= 15 is 0 Å². The molecule has 0 radical (unpaired) electrons. The first kappa shape index (κ1) is 22.3. The van der Waals surface area contributed by atoms with Crippen molar-refractivity contribution >= 4 is 41.8 Å². The van der Waals surface area contributed by atoms with E-state index in [2.05, 4.69) is 15.2 Å². The Hall–Kier alpha value is -1.78. The highest BCUT2D eigenvalue weighted by molar-refractivity contribution is 14.0. The SMILES string of the molecule is CCNC(=NCc1cc(C(=O)OC)c(C)o1)N1CCN(C(C)=O)CC1.I. The van der Waals surface area contributed by atoms with Gasteiger partial charge in [-0.1, -0.05) is 0 Å². The molecular weight excluding hydrogens is 451 g/mol. The molecule has 0 unspecified atom stereocenters. The number of ether oxygens (including phenoxy) is 1. The summed E-state index contributed by atoms with van der Waals surface area (Å²) in [6.07, 6.45) is 0. The molecule has 1 fully saturated rings. The third-order valence-corrected chi connectivity index (χ3v) is 4.12. The lowest BCUT2D eigenvalue weighted by Gasteiger charge is -2.36. The molecule has 8 nitrogen and oxygen atoms in total. The maximum Gasteiger partial charge on any atom is 0.341 e. The minimum Gasteiger partial charge on any atom is -0.465 e. The molecule has 0 saturated carbocycles. The Kier molecular flexibility index (Phi) is 8.89. The molecule has 0 spiro atoms. The predicted molar refractivity (Wildman–Crippen MR) is 109 cm³/mol. The minimum atomic E-state index is -0.413. The Labute approximate surface area is 171 Å². The van der Waals surface area contributed by atoms with Crippen LogP contribution in [0.1, 0.15) is 35.7 Å². The molecule has 146 valence electrons. The Morgan fingerprint density at radius 3 is 2.42 bits per heavy atom. The van der Waals surface area contributed by atoms with Gasteiger partial charge in [0.1, 0.15) is 23.6 Å². The second-order valence-electron chi connectivity index (χ2n) is 5.84. The van der Waals surface area contributed by atoms with Crippen LogP contribution in [-0.2, 0) is 16.1 Å². The number of methoxy groups -OCH3 is 1. The van der Waals surface area contributed by atoms with Crippen LogP contribution in [0, 0.1) is 6.92 Å². The van der Waals surface area contributed by atoms with Crippen LogP contribution >= 0.6 is 24.0 Å². The van der Waals surface area contributed by atoms with Gasteiger partial charge in [0.25, 0.3) is 0 Å². The zero-order valence-electron chi connectivity index (χ0n) is 15.7. The average Bonchev–Trinajstić information content (AvgIpc) is 2.98. The molecule has 26 heavy (non-hydrogen) atoms. The summed E-state index contributed by atoms with van der Waals surface area (Å²) in [6.45, 7) is 9.24. The van der Waals surface area contributed by atoms with Crippen LogP contribution in [-0.4, -0.2) is 67.5 Å². The summed E-state index contributed by atoms with van der Waals surface area (Å²) >= 11 is 0. The first-order valence-corrected chi connectivity index (χ1v) is 8.42. The topological polar surface area (TPSA) is 87.4 Å². The molecule has 0 bridgehead atoms. The first-order valence-electron chi connectivity index (χ1n) is 8.42. The van der Waals surface area contributed by atoms with Crippen LogP contribution < -0.4 is 5.32 Å². The molecule has 1 saturated heterocycles. The number of carbonyl (C=O) groups excluding carboxylic acids is 2. The summed E-state index contributed by atoms with van der Waals surface area (Å²) in [6, 6.07) is 1.67. The van der Waals surface area contributed by atoms with Gasteiger partial charge in [-0.2, -0.15) is 0 Å². The minimum absolute atomic E-state index is 0. The van der Waals surface area contributed by atoms with Gasteiger partial charge in [-0.05, 0) is 19.9 Å². The summed E-state index contributed by atoms with van der Waals surface area (Å²) in [7, 11) is 1.34. The van der Waals surface area contributed by atoms with Crippen LogP contribution in [0.5, 0.6) is 0 Å². The maximum atomic E-state index is 11.7. The number of nitrogens with one attached hydrogen (secondary N) is 1. The Balaban J connectivity index is 0.00000338. The standard InChI is InChI=1S/C17H26N4O4.HI/c1-5-18-17(21-8-6-20(7-9-21)13(3)22)19-11-14-10-15(12(2)25-14)16(23)24-4;/h10H,5-9,11H2,1-4H3,(H,18,19);1H. The van der Waals surface area contributed by atoms with Gasteiger partial charge in [-0.3, -0.25) is 4.79 Å². The van der Waals surface area contributed by atoms with Gasteiger partial charge >= 0.3 is 5.97 Å². The summed E-state index contributed by atoms with van der Waals surface area (Å²) in [5.41, 5.74) is 0.424. The first-order chi connectivity index (χ1) is 12.0. The zero-order valence-corrected chi connectivity index (χ0v) is 18.0. The highest BCUT2D eigenvalue weighted by Gasteiger charge is 2.21. The molecule has 1 N–H and O–H groups in total. The summed E-state index contributed by atoms with van der Waals surface area (Å²) < 4.78 is 10.3. The molecule has 0 atom stereocenters. The number of carbonyl (C=O) groups is 2. The molecule has 2 rings (SSSR count). The number of rotatable bonds is 4. The number of piperazine rings is 1. The van der Waals surface area contributed by atoms with Crippen molar-refractivity contribution < 1.29 is 18.7 Å². The van der Waals surface area contributed by atoms with Crippen molar-refractivity contribution in [1.82, 2.24) is 15.1 Å². The van der Waals surface area contributed by atoms with E-state index in [1.807, 2.05) is 11.8 Å². The smallest absolute Gasteiger partial charge is 0.341 e. The number of nitrogens with zero attached hydrogens (tertiary/aromatic N) is 3. The lowest BCUT2D eigenvalue weighted by Crippen LogP contribution is -2.53. The molecule has 2 heterocycles. The highest BCUT2D eigenvalue weighted by Crippen LogP contribution is 2.16. The average molecular weight is 478 g/mol. The summed E-state index contributed by atoms with van der Waals surface area (Å²) in [5.74, 6) is 1.60. The largest absolute Gasteiger partial charge is 0.465 e. The number of aryl methyl sites for hydroxylation is 1. The molecule has 0 aliphatic carbocycles. The van der Waals surface area contributed by atoms with Gasteiger partial charge in [0.2, 0.25) is 5.91 Å². The number of amides is 1. The number of halogens is 1. The maximum absolute atomic E-state index is 11.7. The van der Waals surface area contributed by atoms with Gasteiger partial charge in [0.05, 0.1) is 7.11 Å². The molecule has 1 aliphatic heterocycles. The van der Waals surface area contributed by atoms with Crippen LogP contribution in [0.4, 0.5) is 0 Å².